The van der Waals surface area contributed by atoms with Crippen LogP contribution in [0.1, 0.15) is 32.6 Å². The van der Waals surface area contributed by atoms with Crippen LogP contribution in [0.5, 0.6) is 0 Å². The van der Waals surface area contributed by atoms with Gasteiger partial charge in [-0.3, -0.25) is 4.79 Å². The number of rotatable bonds is 3. The zero-order chi connectivity index (χ0) is 11.5. The second kappa shape index (κ2) is 5.15. The highest BCUT2D eigenvalue weighted by Crippen LogP contribution is 2.24. The molecule has 4 nitrogen and oxygen atoms in total. The molecule has 0 aromatic carbocycles. The first kappa shape index (κ1) is 11.9. The number of carbonyl (C=O) groups excluding carboxylic acids is 1. The minimum Gasteiger partial charge on any atom is -0.378 e. The first-order valence-corrected chi connectivity index (χ1v) is 6.33. The van der Waals surface area contributed by atoms with Gasteiger partial charge in [0, 0.05) is 19.2 Å². The van der Waals surface area contributed by atoms with Crippen LogP contribution < -0.4 is 11.1 Å². The Balaban J connectivity index is 1.75. The lowest BCUT2D eigenvalue weighted by atomic mass is 10.0. The highest BCUT2D eigenvalue weighted by Gasteiger charge is 2.31. The van der Waals surface area contributed by atoms with E-state index in [-0.39, 0.29) is 24.0 Å². The van der Waals surface area contributed by atoms with Crippen molar-refractivity contribution in [3.8, 4) is 0 Å². The monoisotopic (exact) mass is 226 g/mol. The molecule has 1 aliphatic heterocycles. The van der Waals surface area contributed by atoms with E-state index in [0.717, 1.165) is 25.8 Å². The molecule has 0 radical (unpaired) electrons. The van der Waals surface area contributed by atoms with Crippen molar-refractivity contribution in [2.24, 2.45) is 17.6 Å². The Morgan fingerprint density at radius 2 is 2.25 bits per heavy atom. The zero-order valence-electron chi connectivity index (χ0n) is 9.95. The summed E-state index contributed by atoms with van der Waals surface area (Å²) in [6.45, 7) is 3.42. The highest BCUT2D eigenvalue weighted by atomic mass is 16.5. The summed E-state index contributed by atoms with van der Waals surface area (Å²) < 4.78 is 5.39. The minimum atomic E-state index is 0.0395. The summed E-state index contributed by atoms with van der Waals surface area (Å²) in [7, 11) is 0. The number of carbonyl (C=O) groups is 1. The summed E-state index contributed by atoms with van der Waals surface area (Å²) in [6, 6.07) is 0.276. The molecule has 1 aliphatic carbocycles. The van der Waals surface area contributed by atoms with Crippen LogP contribution in [-0.2, 0) is 9.53 Å². The zero-order valence-corrected chi connectivity index (χ0v) is 9.95. The van der Waals surface area contributed by atoms with Gasteiger partial charge in [0.25, 0.3) is 0 Å². The molecule has 1 amide bonds. The maximum absolute atomic E-state index is 11.9. The van der Waals surface area contributed by atoms with Crippen LogP contribution in [0.15, 0.2) is 0 Å². The Hall–Kier alpha value is -0.610. The molecule has 92 valence electrons. The largest absolute Gasteiger partial charge is 0.378 e. The van der Waals surface area contributed by atoms with E-state index in [1.807, 2.05) is 6.92 Å². The Morgan fingerprint density at radius 1 is 1.44 bits per heavy atom. The third kappa shape index (κ3) is 2.55. The lowest BCUT2D eigenvalue weighted by Gasteiger charge is -2.19. The molecule has 3 N–H and O–H groups in total. The minimum absolute atomic E-state index is 0.0395. The summed E-state index contributed by atoms with van der Waals surface area (Å²) in [6.07, 6.45) is 4.37. The predicted octanol–water partition coefficient (Wildman–Crippen LogP) is 0.655. The first-order valence-electron chi connectivity index (χ1n) is 6.33. The van der Waals surface area contributed by atoms with Crippen molar-refractivity contribution in [1.29, 1.82) is 0 Å². The Kier molecular flexibility index (Phi) is 3.82. The van der Waals surface area contributed by atoms with E-state index in [1.54, 1.807) is 0 Å². The van der Waals surface area contributed by atoms with Crippen LogP contribution in [0.2, 0.25) is 0 Å². The second-order valence-electron chi connectivity index (χ2n) is 5.07. The molecule has 4 unspecified atom stereocenters. The summed E-state index contributed by atoms with van der Waals surface area (Å²) in [5.74, 6) is 0.656. The molecule has 0 bridgehead atoms. The highest BCUT2D eigenvalue weighted by molar-refractivity contribution is 5.79. The first-order chi connectivity index (χ1) is 7.68. The van der Waals surface area contributed by atoms with Gasteiger partial charge in [-0.15, -0.1) is 0 Å². The average Bonchev–Trinajstić information content (AvgIpc) is 2.84. The van der Waals surface area contributed by atoms with E-state index >= 15 is 0 Å². The fourth-order valence-electron chi connectivity index (χ4n) is 2.76. The molecule has 0 aromatic rings. The smallest absolute Gasteiger partial charge is 0.225 e. The predicted molar refractivity (Wildman–Crippen MR) is 61.8 cm³/mol. The van der Waals surface area contributed by atoms with E-state index in [9.17, 15) is 4.79 Å². The lowest BCUT2D eigenvalue weighted by Crippen LogP contribution is -2.40. The summed E-state index contributed by atoms with van der Waals surface area (Å²) >= 11 is 0. The van der Waals surface area contributed by atoms with Gasteiger partial charge in [-0.05, 0) is 32.1 Å². The molecule has 16 heavy (non-hydrogen) atoms. The number of amides is 1. The number of nitrogens with one attached hydrogen (secondary N) is 1. The van der Waals surface area contributed by atoms with Gasteiger partial charge in [-0.25, -0.2) is 0 Å². The van der Waals surface area contributed by atoms with Crippen molar-refractivity contribution < 1.29 is 9.53 Å². The van der Waals surface area contributed by atoms with Gasteiger partial charge in [-0.2, -0.15) is 0 Å². The Bertz CT molecular complexity index is 257. The van der Waals surface area contributed by atoms with Gasteiger partial charge in [0.2, 0.25) is 5.91 Å². The molecule has 0 spiro atoms. The molecule has 4 heteroatoms. The Morgan fingerprint density at radius 3 is 2.81 bits per heavy atom. The van der Waals surface area contributed by atoms with Crippen molar-refractivity contribution in [1.82, 2.24) is 5.32 Å². The van der Waals surface area contributed by atoms with Gasteiger partial charge < -0.3 is 15.8 Å². The van der Waals surface area contributed by atoms with Crippen LogP contribution in [0.3, 0.4) is 0 Å². The van der Waals surface area contributed by atoms with Crippen LogP contribution >= 0.6 is 0 Å². The number of hydrogen-bond acceptors (Lipinski definition) is 3. The average molecular weight is 226 g/mol. The summed E-state index contributed by atoms with van der Waals surface area (Å²) in [5, 5.41) is 3.03. The van der Waals surface area contributed by atoms with E-state index in [4.69, 9.17) is 10.5 Å². The molecule has 1 heterocycles. The van der Waals surface area contributed by atoms with Crippen LogP contribution in [-0.4, -0.2) is 31.2 Å². The maximum atomic E-state index is 11.9. The molecule has 4 atom stereocenters. The molecular weight excluding hydrogens is 204 g/mol. The van der Waals surface area contributed by atoms with E-state index in [2.05, 4.69) is 5.32 Å². The lowest BCUT2D eigenvalue weighted by molar-refractivity contribution is -0.126. The van der Waals surface area contributed by atoms with Crippen LogP contribution in [0.25, 0.3) is 0 Å². The van der Waals surface area contributed by atoms with E-state index in [0.29, 0.717) is 12.5 Å². The number of ether oxygens (including phenoxy) is 1. The molecule has 2 fully saturated rings. The standard InChI is InChI=1S/C12H22N2O2/c1-8-10(5-6-16-8)12(15)14-7-9-3-2-4-11(9)13/h8-11H,2-7,13H2,1H3,(H,14,15). The molecule has 0 aromatic heterocycles. The quantitative estimate of drug-likeness (QED) is 0.743. The van der Waals surface area contributed by atoms with Gasteiger partial charge in [-0.1, -0.05) is 6.42 Å². The fraction of sp³-hybridized carbons (Fsp3) is 0.917. The SMILES string of the molecule is CC1OCCC1C(=O)NCC1CCCC1N. The van der Waals surface area contributed by atoms with Crippen LogP contribution in [0, 0.1) is 11.8 Å². The third-order valence-electron chi connectivity index (χ3n) is 3.97. The molecule has 2 rings (SSSR count). The van der Waals surface area contributed by atoms with E-state index < -0.39 is 0 Å². The third-order valence-corrected chi connectivity index (χ3v) is 3.97. The van der Waals surface area contributed by atoms with Gasteiger partial charge in [0.1, 0.15) is 0 Å². The van der Waals surface area contributed by atoms with Gasteiger partial charge >= 0.3 is 0 Å². The van der Waals surface area contributed by atoms with E-state index in [1.165, 1.54) is 6.42 Å². The molecular formula is C12H22N2O2. The topological polar surface area (TPSA) is 64.3 Å². The summed E-state index contributed by atoms with van der Waals surface area (Å²) in [4.78, 5) is 11.9. The van der Waals surface area contributed by atoms with Crippen molar-refractivity contribution in [2.45, 2.75) is 44.8 Å². The number of hydrogen-bond donors (Lipinski definition) is 2. The number of nitrogens with two attached hydrogens (primary N) is 1. The van der Waals surface area contributed by atoms with Crippen molar-refractivity contribution >= 4 is 5.91 Å². The molecule has 1 saturated carbocycles. The van der Waals surface area contributed by atoms with Gasteiger partial charge in [0.05, 0.1) is 12.0 Å². The van der Waals surface area contributed by atoms with Crippen molar-refractivity contribution in [2.75, 3.05) is 13.2 Å². The van der Waals surface area contributed by atoms with Crippen molar-refractivity contribution in [3.05, 3.63) is 0 Å². The normalized spacial score (nSPS) is 38.9. The van der Waals surface area contributed by atoms with Gasteiger partial charge in [0.15, 0.2) is 0 Å². The molecule has 2 aliphatic rings. The fourth-order valence-corrected chi connectivity index (χ4v) is 2.76. The molecule has 1 saturated heterocycles. The van der Waals surface area contributed by atoms with Crippen molar-refractivity contribution in [3.63, 3.8) is 0 Å². The second-order valence-corrected chi connectivity index (χ2v) is 5.07. The maximum Gasteiger partial charge on any atom is 0.225 e. The van der Waals surface area contributed by atoms with Crippen LogP contribution in [0.4, 0.5) is 0 Å². The summed E-state index contributed by atoms with van der Waals surface area (Å²) in [5.41, 5.74) is 5.97. The Labute approximate surface area is 96.9 Å².